The summed E-state index contributed by atoms with van der Waals surface area (Å²) in [6, 6.07) is 3.58. The SMILES string of the molecule is Clc1ccc(CNCCn2cncn2)o1. The van der Waals surface area contributed by atoms with Crippen LogP contribution in [0.4, 0.5) is 0 Å². The average Bonchev–Trinajstić information content (AvgIpc) is 2.84. The minimum atomic E-state index is 0.420. The van der Waals surface area contributed by atoms with Gasteiger partial charge >= 0.3 is 0 Å². The van der Waals surface area contributed by atoms with Crippen molar-refractivity contribution in [2.45, 2.75) is 13.1 Å². The van der Waals surface area contributed by atoms with E-state index in [-0.39, 0.29) is 0 Å². The molecular formula is C9H11ClN4O. The van der Waals surface area contributed by atoms with Gasteiger partial charge in [-0.2, -0.15) is 5.10 Å². The standard InChI is InChI=1S/C9H11ClN4O/c10-9-2-1-8(15-9)5-11-3-4-14-7-12-6-13-14/h1-2,6-7,11H,3-5H2. The van der Waals surface area contributed by atoms with Crippen LogP contribution in [0.1, 0.15) is 5.76 Å². The fraction of sp³-hybridized carbons (Fsp3) is 0.333. The number of furan rings is 1. The summed E-state index contributed by atoms with van der Waals surface area (Å²) in [5, 5.41) is 7.62. The first-order valence-electron chi connectivity index (χ1n) is 4.62. The Kier molecular flexibility index (Phi) is 3.37. The van der Waals surface area contributed by atoms with E-state index in [2.05, 4.69) is 15.4 Å². The zero-order valence-electron chi connectivity index (χ0n) is 8.06. The van der Waals surface area contributed by atoms with Gasteiger partial charge in [-0.3, -0.25) is 4.68 Å². The van der Waals surface area contributed by atoms with E-state index in [0.717, 1.165) is 18.8 Å². The first kappa shape index (κ1) is 10.2. The van der Waals surface area contributed by atoms with Crippen molar-refractivity contribution >= 4 is 11.6 Å². The molecule has 5 nitrogen and oxygen atoms in total. The van der Waals surface area contributed by atoms with Gasteiger partial charge in [0.1, 0.15) is 18.4 Å². The minimum absolute atomic E-state index is 0.420. The van der Waals surface area contributed by atoms with Gasteiger partial charge in [-0.15, -0.1) is 0 Å². The predicted molar refractivity (Wildman–Crippen MR) is 55.4 cm³/mol. The lowest BCUT2D eigenvalue weighted by molar-refractivity contribution is 0.471. The Morgan fingerprint density at radius 1 is 1.47 bits per heavy atom. The van der Waals surface area contributed by atoms with Gasteiger partial charge in [-0.25, -0.2) is 4.98 Å². The third-order valence-electron chi connectivity index (χ3n) is 1.91. The average molecular weight is 227 g/mol. The maximum atomic E-state index is 5.64. The highest BCUT2D eigenvalue weighted by atomic mass is 35.5. The van der Waals surface area contributed by atoms with Crippen molar-refractivity contribution in [3.63, 3.8) is 0 Å². The summed E-state index contributed by atoms with van der Waals surface area (Å²) >= 11 is 5.64. The van der Waals surface area contributed by atoms with Crippen molar-refractivity contribution in [3.05, 3.63) is 35.8 Å². The summed E-state index contributed by atoms with van der Waals surface area (Å²) in [5.41, 5.74) is 0. The number of aromatic nitrogens is 3. The Labute approximate surface area is 92.1 Å². The molecule has 80 valence electrons. The zero-order valence-corrected chi connectivity index (χ0v) is 8.81. The van der Waals surface area contributed by atoms with Crippen LogP contribution >= 0.6 is 11.6 Å². The predicted octanol–water partition coefficient (Wildman–Crippen LogP) is 1.31. The van der Waals surface area contributed by atoms with Gasteiger partial charge in [0.25, 0.3) is 0 Å². The van der Waals surface area contributed by atoms with E-state index >= 15 is 0 Å². The van der Waals surface area contributed by atoms with Crippen molar-refractivity contribution in [1.82, 2.24) is 20.1 Å². The monoisotopic (exact) mass is 226 g/mol. The molecule has 0 aromatic carbocycles. The second-order valence-electron chi connectivity index (χ2n) is 3.04. The Bertz CT molecular complexity index is 398. The number of hydrogen-bond donors (Lipinski definition) is 1. The van der Waals surface area contributed by atoms with Crippen molar-refractivity contribution in [1.29, 1.82) is 0 Å². The molecule has 0 saturated carbocycles. The molecule has 2 aromatic heterocycles. The molecule has 0 aliphatic carbocycles. The number of nitrogens with one attached hydrogen (secondary N) is 1. The number of rotatable bonds is 5. The van der Waals surface area contributed by atoms with Crippen LogP contribution in [-0.2, 0) is 13.1 Å². The highest BCUT2D eigenvalue weighted by molar-refractivity contribution is 6.28. The first-order valence-corrected chi connectivity index (χ1v) is 5.00. The van der Waals surface area contributed by atoms with Gasteiger partial charge in [0, 0.05) is 6.54 Å². The number of nitrogens with zero attached hydrogens (tertiary/aromatic N) is 3. The Morgan fingerprint density at radius 2 is 2.40 bits per heavy atom. The van der Waals surface area contributed by atoms with Gasteiger partial charge in [-0.05, 0) is 23.7 Å². The molecule has 1 N–H and O–H groups in total. The highest BCUT2D eigenvalue weighted by Gasteiger charge is 1.98. The van der Waals surface area contributed by atoms with Crippen molar-refractivity contribution < 1.29 is 4.42 Å². The summed E-state index contributed by atoms with van der Waals surface area (Å²) in [7, 11) is 0. The molecular weight excluding hydrogens is 216 g/mol. The summed E-state index contributed by atoms with van der Waals surface area (Å²) in [4.78, 5) is 3.85. The largest absolute Gasteiger partial charge is 0.448 e. The fourth-order valence-electron chi connectivity index (χ4n) is 1.20. The van der Waals surface area contributed by atoms with Gasteiger partial charge in [0.15, 0.2) is 5.22 Å². The fourth-order valence-corrected chi connectivity index (χ4v) is 1.36. The lowest BCUT2D eigenvalue weighted by Gasteiger charge is -2.01. The highest BCUT2D eigenvalue weighted by Crippen LogP contribution is 2.12. The third kappa shape index (κ3) is 3.07. The third-order valence-corrected chi connectivity index (χ3v) is 2.12. The molecule has 0 aliphatic rings. The van der Waals surface area contributed by atoms with E-state index in [1.807, 2.05) is 6.07 Å². The molecule has 0 spiro atoms. The molecule has 0 fully saturated rings. The van der Waals surface area contributed by atoms with Crippen molar-refractivity contribution in [2.24, 2.45) is 0 Å². The number of hydrogen-bond acceptors (Lipinski definition) is 4. The van der Waals surface area contributed by atoms with Gasteiger partial charge in [0.2, 0.25) is 0 Å². The van der Waals surface area contributed by atoms with Crippen LogP contribution < -0.4 is 5.32 Å². The van der Waals surface area contributed by atoms with E-state index in [1.54, 1.807) is 17.1 Å². The molecule has 0 atom stereocenters. The molecule has 0 unspecified atom stereocenters. The Hall–Kier alpha value is -1.33. The molecule has 2 aromatic rings. The minimum Gasteiger partial charge on any atom is -0.448 e. The molecule has 2 heterocycles. The van der Waals surface area contributed by atoms with Crippen LogP contribution in [0.3, 0.4) is 0 Å². The maximum absolute atomic E-state index is 5.64. The first-order chi connectivity index (χ1) is 7.34. The van der Waals surface area contributed by atoms with E-state index in [0.29, 0.717) is 11.8 Å². The Morgan fingerprint density at radius 3 is 3.07 bits per heavy atom. The quantitative estimate of drug-likeness (QED) is 0.782. The van der Waals surface area contributed by atoms with Gasteiger partial charge in [0.05, 0.1) is 13.1 Å². The topological polar surface area (TPSA) is 55.9 Å². The smallest absolute Gasteiger partial charge is 0.193 e. The van der Waals surface area contributed by atoms with Crippen LogP contribution in [0.25, 0.3) is 0 Å². The van der Waals surface area contributed by atoms with E-state index < -0.39 is 0 Å². The van der Waals surface area contributed by atoms with E-state index in [4.69, 9.17) is 16.0 Å². The van der Waals surface area contributed by atoms with Crippen LogP contribution in [0.2, 0.25) is 5.22 Å². The number of halogens is 1. The van der Waals surface area contributed by atoms with Crippen LogP contribution in [0.15, 0.2) is 29.2 Å². The van der Waals surface area contributed by atoms with Crippen LogP contribution in [0.5, 0.6) is 0 Å². The second-order valence-corrected chi connectivity index (χ2v) is 3.41. The molecule has 6 heteroatoms. The Balaban J connectivity index is 1.67. The molecule has 0 saturated heterocycles. The lowest BCUT2D eigenvalue weighted by Crippen LogP contribution is -2.19. The zero-order chi connectivity index (χ0) is 10.5. The van der Waals surface area contributed by atoms with E-state index in [9.17, 15) is 0 Å². The van der Waals surface area contributed by atoms with Crippen LogP contribution in [0, 0.1) is 0 Å². The summed E-state index contributed by atoms with van der Waals surface area (Å²) in [6.07, 6.45) is 3.21. The normalized spacial score (nSPS) is 10.7. The maximum Gasteiger partial charge on any atom is 0.193 e. The summed E-state index contributed by atoms with van der Waals surface area (Å²) in [5.74, 6) is 0.832. The summed E-state index contributed by atoms with van der Waals surface area (Å²) in [6.45, 7) is 2.26. The summed E-state index contributed by atoms with van der Waals surface area (Å²) < 4.78 is 6.95. The molecule has 0 aliphatic heterocycles. The van der Waals surface area contributed by atoms with Gasteiger partial charge < -0.3 is 9.73 Å². The molecule has 0 radical (unpaired) electrons. The van der Waals surface area contributed by atoms with Crippen molar-refractivity contribution in [3.8, 4) is 0 Å². The van der Waals surface area contributed by atoms with Crippen LogP contribution in [-0.4, -0.2) is 21.3 Å². The van der Waals surface area contributed by atoms with Crippen molar-refractivity contribution in [2.75, 3.05) is 6.54 Å². The second kappa shape index (κ2) is 4.95. The molecule has 15 heavy (non-hydrogen) atoms. The molecule has 0 amide bonds. The van der Waals surface area contributed by atoms with E-state index in [1.165, 1.54) is 6.33 Å². The lowest BCUT2D eigenvalue weighted by atomic mass is 10.4. The van der Waals surface area contributed by atoms with Gasteiger partial charge in [-0.1, -0.05) is 0 Å². The molecule has 2 rings (SSSR count). The molecule has 0 bridgehead atoms.